The quantitative estimate of drug-likeness (QED) is 0.411. The molecule has 3 aromatic rings. The maximum absolute atomic E-state index is 11.5. The Kier molecular flexibility index (Phi) is 6.77. The molecular formula is C22H21BrClN3O7S. The predicted molar refractivity (Wildman–Crippen MR) is 132 cm³/mol. The van der Waals surface area contributed by atoms with Crippen molar-refractivity contribution in [3.05, 3.63) is 46.2 Å². The second kappa shape index (κ2) is 9.68. The molecule has 0 spiro atoms. The zero-order valence-corrected chi connectivity index (χ0v) is 21.8. The molecule has 4 atom stereocenters. The van der Waals surface area contributed by atoms with Crippen LogP contribution in [0.15, 0.2) is 41.1 Å². The lowest BCUT2D eigenvalue weighted by atomic mass is 10.1. The highest BCUT2D eigenvalue weighted by Crippen LogP contribution is 2.38. The van der Waals surface area contributed by atoms with Crippen molar-refractivity contribution in [2.24, 2.45) is 0 Å². The van der Waals surface area contributed by atoms with Gasteiger partial charge in [0.05, 0.1) is 37.1 Å². The number of methoxy groups -OCH3 is 1. The molecule has 186 valence electrons. The Hall–Kier alpha value is -2.22. The van der Waals surface area contributed by atoms with Gasteiger partial charge >= 0.3 is 0 Å². The largest absolute Gasteiger partial charge is 0.493 e. The van der Waals surface area contributed by atoms with Crippen molar-refractivity contribution in [2.75, 3.05) is 31.9 Å². The fourth-order valence-corrected chi connectivity index (χ4v) is 5.17. The molecule has 0 radical (unpaired) electrons. The Morgan fingerprint density at radius 2 is 1.83 bits per heavy atom. The third kappa shape index (κ3) is 5.18. The molecule has 2 aliphatic rings. The van der Waals surface area contributed by atoms with Crippen LogP contribution in [0.5, 0.6) is 11.5 Å². The summed E-state index contributed by atoms with van der Waals surface area (Å²) >= 11 is 9.60. The summed E-state index contributed by atoms with van der Waals surface area (Å²) in [7, 11) is -2.10. The van der Waals surface area contributed by atoms with Gasteiger partial charge in [-0.05, 0) is 40.2 Å². The van der Waals surface area contributed by atoms with Gasteiger partial charge in [0.1, 0.15) is 30.5 Å². The van der Waals surface area contributed by atoms with E-state index in [0.717, 1.165) is 21.8 Å². The first-order valence-corrected chi connectivity index (χ1v) is 13.5. The molecule has 5 rings (SSSR count). The number of fused-ring (bicyclic) bond motifs is 2. The molecule has 0 aliphatic carbocycles. The Balaban J connectivity index is 1.39. The van der Waals surface area contributed by atoms with Gasteiger partial charge in [-0.2, -0.15) is 8.42 Å². The molecule has 0 bridgehead atoms. The summed E-state index contributed by atoms with van der Waals surface area (Å²) < 4.78 is 52.2. The lowest BCUT2D eigenvalue weighted by Gasteiger charge is -2.20. The molecule has 1 aromatic heterocycles. The topological polar surface area (TPSA) is 118 Å². The molecule has 2 fully saturated rings. The molecule has 3 heterocycles. The van der Waals surface area contributed by atoms with Gasteiger partial charge in [-0.1, -0.05) is 11.6 Å². The lowest BCUT2D eigenvalue weighted by molar-refractivity contribution is 0.0194. The number of aromatic nitrogens is 2. The lowest BCUT2D eigenvalue weighted by Crippen LogP contribution is -2.36. The highest BCUT2D eigenvalue weighted by molar-refractivity contribution is 9.10. The van der Waals surface area contributed by atoms with Gasteiger partial charge in [0.2, 0.25) is 0 Å². The standard InChI is InChI=1S/C22H21BrClN3O7S/c1-30-16-6-12-15(25-10-26-22(12)27-11-3-4-13(23)14(24)5-11)7-17(16)33-18-8-31-21-19(9-32-20(18)21)34-35(2,28)29/h3-7,10,18-21H,8-9H2,1-2H3,(H,25,26,27)/t18-,19+,20+,21+/m0/s1. The first-order chi connectivity index (χ1) is 16.7. The molecule has 13 heteroatoms. The maximum atomic E-state index is 11.5. The summed E-state index contributed by atoms with van der Waals surface area (Å²) in [5, 5.41) is 4.54. The third-order valence-corrected chi connectivity index (χ3v) is 7.47. The van der Waals surface area contributed by atoms with Gasteiger partial charge in [-0.25, -0.2) is 9.97 Å². The highest BCUT2D eigenvalue weighted by Gasteiger charge is 2.50. The average molecular weight is 587 g/mol. The van der Waals surface area contributed by atoms with Gasteiger partial charge in [0.25, 0.3) is 10.1 Å². The second-order valence-corrected chi connectivity index (χ2v) is 10.9. The van der Waals surface area contributed by atoms with E-state index in [2.05, 4.69) is 31.2 Å². The third-order valence-electron chi connectivity index (χ3n) is 5.64. The van der Waals surface area contributed by atoms with Gasteiger partial charge in [-0.15, -0.1) is 0 Å². The zero-order valence-electron chi connectivity index (χ0n) is 18.6. The fourth-order valence-electron chi connectivity index (χ4n) is 4.13. The fraction of sp³-hybridized carbons (Fsp3) is 0.364. The monoisotopic (exact) mass is 585 g/mol. The minimum Gasteiger partial charge on any atom is -0.493 e. The molecule has 0 amide bonds. The van der Waals surface area contributed by atoms with E-state index >= 15 is 0 Å². The molecule has 2 aromatic carbocycles. The second-order valence-electron chi connectivity index (χ2n) is 8.09. The van der Waals surface area contributed by atoms with Crippen molar-refractivity contribution >= 4 is 60.1 Å². The van der Waals surface area contributed by atoms with Crippen molar-refractivity contribution in [3.63, 3.8) is 0 Å². The Morgan fingerprint density at radius 3 is 2.54 bits per heavy atom. The van der Waals surface area contributed by atoms with E-state index in [0.29, 0.717) is 27.9 Å². The smallest absolute Gasteiger partial charge is 0.264 e. The van der Waals surface area contributed by atoms with Gasteiger partial charge < -0.3 is 24.3 Å². The number of rotatable bonds is 7. The number of hydrogen-bond donors (Lipinski definition) is 1. The van der Waals surface area contributed by atoms with Gasteiger partial charge in [-0.3, -0.25) is 4.18 Å². The number of benzene rings is 2. The minimum atomic E-state index is -3.64. The van der Waals surface area contributed by atoms with Crippen LogP contribution in [-0.2, 0) is 23.8 Å². The summed E-state index contributed by atoms with van der Waals surface area (Å²) in [6, 6.07) is 9.03. The Labute approximate surface area is 215 Å². The van der Waals surface area contributed by atoms with Crippen LogP contribution >= 0.6 is 27.5 Å². The molecule has 0 unspecified atom stereocenters. The minimum absolute atomic E-state index is 0.0967. The number of anilines is 2. The van der Waals surface area contributed by atoms with E-state index in [1.165, 1.54) is 13.4 Å². The maximum Gasteiger partial charge on any atom is 0.264 e. The van der Waals surface area contributed by atoms with Crippen molar-refractivity contribution < 1.29 is 31.5 Å². The van der Waals surface area contributed by atoms with Crippen LogP contribution in [-0.4, -0.2) is 69.4 Å². The summed E-state index contributed by atoms with van der Waals surface area (Å²) in [5.74, 6) is 1.48. The van der Waals surface area contributed by atoms with Crippen LogP contribution in [0.2, 0.25) is 5.02 Å². The van der Waals surface area contributed by atoms with Crippen LogP contribution in [0.4, 0.5) is 11.5 Å². The van der Waals surface area contributed by atoms with E-state index in [1.807, 2.05) is 12.1 Å². The van der Waals surface area contributed by atoms with Crippen LogP contribution in [0.3, 0.4) is 0 Å². The summed E-state index contributed by atoms with van der Waals surface area (Å²) in [6.07, 6.45) is 0.228. The predicted octanol–water partition coefficient (Wildman–Crippen LogP) is 3.69. The van der Waals surface area contributed by atoms with Crippen molar-refractivity contribution in [2.45, 2.75) is 24.4 Å². The van der Waals surface area contributed by atoms with E-state index in [9.17, 15) is 8.42 Å². The van der Waals surface area contributed by atoms with Crippen molar-refractivity contribution in [1.82, 2.24) is 9.97 Å². The van der Waals surface area contributed by atoms with E-state index in [4.69, 9.17) is 34.7 Å². The molecule has 35 heavy (non-hydrogen) atoms. The number of hydrogen-bond acceptors (Lipinski definition) is 10. The van der Waals surface area contributed by atoms with Crippen LogP contribution < -0.4 is 14.8 Å². The van der Waals surface area contributed by atoms with E-state index in [1.54, 1.807) is 18.2 Å². The van der Waals surface area contributed by atoms with Crippen LogP contribution in [0.1, 0.15) is 0 Å². The number of nitrogens with one attached hydrogen (secondary N) is 1. The normalized spacial score (nSPS) is 23.9. The molecule has 2 saturated heterocycles. The molecular weight excluding hydrogens is 566 g/mol. The summed E-state index contributed by atoms with van der Waals surface area (Å²) in [4.78, 5) is 8.74. The first-order valence-electron chi connectivity index (χ1n) is 10.5. The average Bonchev–Trinajstić information content (AvgIpc) is 3.38. The highest BCUT2D eigenvalue weighted by atomic mass is 79.9. The number of ether oxygens (including phenoxy) is 4. The Bertz CT molecular complexity index is 1380. The van der Waals surface area contributed by atoms with Gasteiger partial charge in [0.15, 0.2) is 17.6 Å². The Morgan fingerprint density at radius 1 is 1.09 bits per heavy atom. The van der Waals surface area contributed by atoms with E-state index in [-0.39, 0.29) is 13.2 Å². The summed E-state index contributed by atoms with van der Waals surface area (Å²) in [6.45, 7) is 0.306. The molecule has 2 aliphatic heterocycles. The van der Waals surface area contributed by atoms with E-state index < -0.39 is 34.5 Å². The number of halogens is 2. The number of nitrogens with zero attached hydrogens (tertiary/aromatic N) is 2. The van der Waals surface area contributed by atoms with Crippen LogP contribution in [0, 0.1) is 0 Å². The zero-order chi connectivity index (χ0) is 24.7. The SMILES string of the molecule is COc1cc2c(Nc3ccc(Br)c(Cl)c3)ncnc2cc1O[C@H]1CO[C@H]2[C@@H]1OC[C@H]2OS(C)(=O)=O. The molecule has 10 nitrogen and oxygen atoms in total. The van der Waals surface area contributed by atoms with Crippen LogP contribution in [0.25, 0.3) is 10.9 Å². The molecule has 1 N–H and O–H groups in total. The van der Waals surface area contributed by atoms with Crippen molar-refractivity contribution in [3.8, 4) is 11.5 Å². The molecule has 0 saturated carbocycles. The van der Waals surface area contributed by atoms with Crippen molar-refractivity contribution in [1.29, 1.82) is 0 Å². The summed E-state index contributed by atoms with van der Waals surface area (Å²) in [5.41, 5.74) is 1.39. The van der Waals surface area contributed by atoms with Gasteiger partial charge in [0, 0.05) is 21.6 Å². The first kappa shape index (κ1) is 24.5.